The molecule has 2 N–H and O–H groups in total. The minimum Gasteiger partial charge on any atom is -0.489 e. The lowest BCUT2D eigenvalue weighted by atomic mass is 9.97. The Morgan fingerprint density at radius 1 is 1.26 bits per heavy atom. The molecule has 1 unspecified atom stereocenters. The van der Waals surface area contributed by atoms with Gasteiger partial charge in [-0.25, -0.2) is 0 Å². The number of nitrogens with zero attached hydrogens (tertiary/aromatic N) is 3. The normalized spacial score (nSPS) is 12.9. The second kappa shape index (κ2) is 10.7. The molecule has 1 aromatic heterocycles. The molecule has 1 atom stereocenters. The smallest absolute Gasteiger partial charge is 0.232 e. The minimum atomic E-state index is -0.167. The Morgan fingerprint density at radius 3 is 2.48 bits per heavy atom. The highest BCUT2D eigenvalue weighted by Gasteiger charge is 2.21. The van der Waals surface area contributed by atoms with Crippen LogP contribution in [0.5, 0.6) is 5.75 Å². The molecule has 0 fully saturated rings. The molecule has 1 heterocycles. The first-order chi connectivity index (χ1) is 12.3. The summed E-state index contributed by atoms with van der Waals surface area (Å²) in [6.45, 7) is 9.07. The fourth-order valence-corrected chi connectivity index (χ4v) is 2.17. The molecule has 2 rings (SSSR count). The third kappa shape index (κ3) is 7.92. The summed E-state index contributed by atoms with van der Waals surface area (Å²) >= 11 is 5.87. The highest BCUT2D eigenvalue weighted by Crippen LogP contribution is 2.19. The number of hydrogen-bond acceptors (Lipinski definition) is 5. The quantitative estimate of drug-likeness (QED) is 0.352. The van der Waals surface area contributed by atoms with Gasteiger partial charge in [-0.2, -0.15) is 4.98 Å². The molecule has 0 saturated heterocycles. The molecule has 7 nitrogen and oxygen atoms in total. The van der Waals surface area contributed by atoms with Gasteiger partial charge in [-0.05, 0) is 31.2 Å². The van der Waals surface area contributed by atoms with E-state index in [9.17, 15) is 0 Å². The molecule has 27 heavy (non-hydrogen) atoms. The molecule has 0 radical (unpaired) electrons. The average molecular weight is 508 g/mol. The first-order valence-electron chi connectivity index (χ1n) is 8.47. The largest absolute Gasteiger partial charge is 0.489 e. The number of halogens is 2. The van der Waals surface area contributed by atoms with E-state index in [1.807, 2.05) is 39.8 Å². The molecule has 0 aliphatic rings. The maximum absolute atomic E-state index is 5.87. The van der Waals surface area contributed by atoms with Gasteiger partial charge in [0.2, 0.25) is 5.89 Å². The zero-order chi connectivity index (χ0) is 19.2. The van der Waals surface area contributed by atoms with Gasteiger partial charge >= 0.3 is 0 Å². The molecule has 2 aromatic rings. The van der Waals surface area contributed by atoms with Crippen molar-refractivity contribution in [1.29, 1.82) is 0 Å². The van der Waals surface area contributed by atoms with Crippen molar-refractivity contribution in [2.45, 2.75) is 45.8 Å². The summed E-state index contributed by atoms with van der Waals surface area (Å²) in [5, 5.41) is 11.0. The Bertz CT molecular complexity index is 728. The Morgan fingerprint density at radius 2 is 1.93 bits per heavy atom. The number of guanidine groups is 1. The van der Waals surface area contributed by atoms with Crippen LogP contribution in [0.4, 0.5) is 0 Å². The topological polar surface area (TPSA) is 84.6 Å². The number of hydrogen-bond donors (Lipinski definition) is 2. The van der Waals surface area contributed by atoms with Gasteiger partial charge in [-0.3, -0.25) is 4.99 Å². The van der Waals surface area contributed by atoms with Crippen LogP contribution in [0.1, 0.15) is 39.4 Å². The Labute approximate surface area is 182 Å². The van der Waals surface area contributed by atoms with Gasteiger partial charge in [0.1, 0.15) is 11.9 Å². The third-order valence-corrected chi connectivity index (χ3v) is 3.71. The first-order valence-corrected chi connectivity index (χ1v) is 8.85. The van der Waals surface area contributed by atoms with Crippen molar-refractivity contribution in [3.8, 4) is 5.75 Å². The van der Waals surface area contributed by atoms with Crippen LogP contribution in [0.25, 0.3) is 0 Å². The van der Waals surface area contributed by atoms with Crippen molar-refractivity contribution >= 4 is 41.5 Å². The van der Waals surface area contributed by atoms with Gasteiger partial charge in [0, 0.05) is 17.5 Å². The monoisotopic (exact) mass is 507 g/mol. The fourth-order valence-electron chi connectivity index (χ4n) is 2.04. The number of aliphatic imine (C=N–C) groups is 1. The van der Waals surface area contributed by atoms with Crippen molar-refractivity contribution in [3.05, 3.63) is 41.0 Å². The fraction of sp³-hybridized carbons (Fsp3) is 0.500. The van der Waals surface area contributed by atoms with Crippen LogP contribution in [-0.2, 0) is 12.0 Å². The van der Waals surface area contributed by atoms with E-state index in [4.69, 9.17) is 20.9 Å². The maximum atomic E-state index is 5.87. The lowest BCUT2D eigenvalue weighted by Gasteiger charge is -2.17. The van der Waals surface area contributed by atoms with Gasteiger partial charge in [0.05, 0.1) is 13.1 Å². The van der Waals surface area contributed by atoms with Crippen LogP contribution in [0.15, 0.2) is 33.8 Å². The molecule has 9 heteroatoms. The molecule has 0 spiro atoms. The molecule has 0 saturated carbocycles. The van der Waals surface area contributed by atoms with Crippen molar-refractivity contribution in [2.75, 3.05) is 13.6 Å². The second-order valence-corrected chi connectivity index (χ2v) is 7.39. The summed E-state index contributed by atoms with van der Waals surface area (Å²) in [5.74, 6) is 2.61. The predicted octanol–water partition coefficient (Wildman–Crippen LogP) is 3.77. The van der Waals surface area contributed by atoms with Crippen molar-refractivity contribution < 1.29 is 9.26 Å². The maximum Gasteiger partial charge on any atom is 0.232 e. The van der Waals surface area contributed by atoms with Crippen LogP contribution in [-0.4, -0.2) is 35.8 Å². The number of rotatable bonds is 6. The van der Waals surface area contributed by atoms with Crippen molar-refractivity contribution in [3.63, 3.8) is 0 Å². The molecule has 0 aliphatic carbocycles. The zero-order valence-corrected chi connectivity index (χ0v) is 19.3. The van der Waals surface area contributed by atoms with E-state index in [1.54, 1.807) is 19.2 Å². The lowest BCUT2D eigenvalue weighted by Crippen LogP contribution is -2.41. The van der Waals surface area contributed by atoms with Gasteiger partial charge in [-0.15, -0.1) is 24.0 Å². The number of aromatic nitrogens is 2. The summed E-state index contributed by atoms with van der Waals surface area (Å²) < 4.78 is 11.1. The summed E-state index contributed by atoms with van der Waals surface area (Å²) in [6, 6.07) is 7.28. The van der Waals surface area contributed by atoms with Crippen LogP contribution in [0.2, 0.25) is 5.02 Å². The van der Waals surface area contributed by atoms with Crippen LogP contribution < -0.4 is 15.4 Å². The zero-order valence-electron chi connectivity index (χ0n) is 16.2. The standard InChI is InChI=1S/C18H26ClN5O2.HI/c1-12(25-14-8-6-13(19)7-9-14)10-21-17(20-5)22-11-15-23-16(26-24-15)18(2,3)4;/h6-9,12H,10-11H2,1-5H3,(H2,20,21,22);1H. The Kier molecular flexibility index (Phi) is 9.31. The Hall–Kier alpha value is -1.55. The summed E-state index contributed by atoms with van der Waals surface area (Å²) in [5.41, 5.74) is -0.167. The van der Waals surface area contributed by atoms with Crippen LogP contribution >= 0.6 is 35.6 Å². The van der Waals surface area contributed by atoms with E-state index in [0.717, 1.165) is 5.75 Å². The van der Waals surface area contributed by atoms with E-state index >= 15 is 0 Å². The van der Waals surface area contributed by atoms with E-state index in [0.29, 0.717) is 35.8 Å². The number of benzene rings is 1. The highest BCUT2D eigenvalue weighted by molar-refractivity contribution is 14.0. The molecule has 0 aliphatic heterocycles. The molecule has 0 amide bonds. The van der Waals surface area contributed by atoms with E-state index < -0.39 is 0 Å². The summed E-state index contributed by atoms with van der Waals surface area (Å²) in [7, 11) is 1.71. The molecule has 0 bridgehead atoms. The van der Waals surface area contributed by atoms with E-state index in [2.05, 4.69) is 25.8 Å². The molecule has 1 aromatic carbocycles. The summed E-state index contributed by atoms with van der Waals surface area (Å²) in [4.78, 5) is 8.57. The molecule has 150 valence electrons. The van der Waals surface area contributed by atoms with Crippen LogP contribution in [0.3, 0.4) is 0 Å². The van der Waals surface area contributed by atoms with Crippen molar-refractivity contribution in [1.82, 2.24) is 20.8 Å². The van der Waals surface area contributed by atoms with Gasteiger partial charge in [0.25, 0.3) is 0 Å². The summed E-state index contributed by atoms with van der Waals surface area (Å²) in [6.07, 6.45) is -0.0487. The lowest BCUT2D eigenvalue weighted by molar-refractivity contribution is 0.224. The first kappa shape index (κ1) is 23.5. The van der Waals surface area contributed by atoms with Gasteiger partial charge in [-0.1, -0.05) is 37.5 Å². The molecular weight excluding hydrogens is 481 g/mol. The SMILES string of the molecule is CN=C(NCc1noc(C(C)(C)C)n1)NCC(C)Oc1ccc(Cl)cc1.I. The highest BCUT2D eigenvalue weighted by atomic mass is 127. The second-order valence-electron chi connectivity index (χ2n) is 6.95. The number of nitrogens with one attached hydrogen (secondary N) is 2. The van der Waals surface area contributed by atoms with Crippen LogP contribution in [0, 0.1) is 0 Å². The van der Waals surface area contributed by atoms with Gasteiger partial charge < -0.3 is 19.9 Å². The minimum absolute atomic E-state index is 0. The number of ether oxygens (including phenoxy) is 1. The third-order valence-electron chi connectivity index (χ3n) is 3.46. The molecular formula is C18H27ClIN5O2. The van der Waals surface area contributed by atoms with E-state index in [-0.39, 0.29) is 35.5 Å². The van der Waals surface area contributed by atoms with Gasteiger partial charge in [0.15, 0.2) is 11.8 Å². The average Bonchev–Trinajstić information content (AvgIpc) is 3.06. The predicted molar refractivity (Wildman–Crippen MR) is 118 cm³/mol. The Balaban J connectivity index is 0.00000364. The van der Waals surface area contributed by atoms with Crippen molar-refractivity contribution in [2.24, 2.45) is 4.99 Å². The van der Waals surface area contributed by atoms with E-state index in [1.165, 1.54) is 0 Å².